The predicted molar refractivity (Wildman–Crippen MR) is 141 cm³/mol. The van der Waals surface area contributed by atoms with Crippen molar-refractivity contribution in [2.24, 2.45) is 0 Å². The van der Waals surface area contributed by atoms with Crippen molar-refractivity contribution in [3.8, 4) is 10.6 Å². The molecule has 0 unspecified atom stereocenters. The number of alkyl carbamates (subject to hydrolysis) is 1. The minimum atomic E-state index is -0.674. The number of thiazole rings is 1. The average molecular weight is 545 g/mol. The minimum Gasteiger partial charge on any atom is -0.463 e. The van der Waals surface area contributed by atoms with Crippen LogP contribution < -0.4 is 5.32 Å². The van der Waals surface area contributed by atoms with Crippen molar-refractivity contribution in [1.29, 1.82) is 0 Å². The number of rotatable bonds is 8. The first-order valence-electron chi connectivity index (χ1n) is 11.9. The van der Waals surface area contributed by atoms with E-state index in [1.165, 1.54) is 0 Å². The van der Waals surface area contributed by atoms with E-state index in [0.29, 0.717) is 17.9 Å². The van der Waals surface area contributed by atoms with Gasteiger partial charge in [-0.25, -0.2) is 9.78 Å². The van der Waals surface area contributed by atoms with E-state index in [1.54, 1.807) is 44.6 Å². The molecule has 0 saturated heterocycles. The van der Waals surface area contributed by atoms with Crippen LogP contribution in [0.1, 0.15) is 49.4 Å². The first kappa shape index (κ1) is 26.9. The van der Waals surface area contributed by atoms with Crippen molar-refractivity contribution in [1.82, 2.24) is 10.3 Å². The number of carbonyl (C=O) groups excluding carboxylic acids is 2. The summed E-state index contributed by atoms with van der Waals surface area (Å²) in [5, 5.41) is 3.98. The largest absolute Gasteiger partial charge is 0.463 e. The number of furan rings is 1. The molecule has 3 aromatic rings. The maximum absolute atomic E-state index is 12.0. The second kappa shape index (κ2) is 11.9. The van der Waals surface area contributed by atoms with Crippen LogP contribution in [0.2, 0.25) is 5.02 Å². The maximum atomic E-state index is 12.0. The van der Waals surface area contributed by atoms with Crippen molar-refractivity contribution in [2.45, 2.75) is 51.4 Å². The number of hydrogen-bond acceptors (Lipinski definition) is 8. The van der Waals surface area contributed by atoms with Gasteiger partial charge in [0.1, 0.15) is 30.6 Å². The molecule has 10 heteroatoms. The number of ether oxygens (including phenoxy) is 3. The molecule has 0 spiro atoms. The molecule has 37 heavy (non-hydrogen) atoms. The maximum Gasteiger partial charge on any atom is 0.408 e. The van der Waals surface area contributed by atoms with Gasteiger partial charge in [0.05, 0.1) is 22.3 Å². The van der Waals surface area contributed by atoms with Gasteiger partial charge in [0, 0.05) is 17.6 Å². The lowest BCUT2D eigenvalue weighted by Crippen LogP contribution is -2.36. The van der Waals surface area contributed by atoms with Crippen LogP contribution in [0.4, 0.5) is 4.79 Å². The van der Waals surface area contributed by atoms with Crippen LogP contribution in [0.3, 0.4) is 0 Å². The van der Waals surface area contributed by atoms with E-state index in [1.807, 2.05) is 42.5 Å². The molecule has 0 fully saturated rings. The summed E-state index contributed by atoms with van der Waals surface area (Å²) in [6.07, 6.45) is 7.32. The zero-order valence-electron chi connectivity index (χ0n) is 20.9. The molecule has 1 aliphatic heterocycles. The molecule has 3 heterocycles. The molecule has 0 radical (unpaired) electrons. The van der Waals surface area contributed by atoms with E-state index in [2.05, 4.69) is 10.3 Å². The van der Waals surface area contributed by atoms with Crippen molar-refractivity contribution in [3.05, 3.63) is 76.1 Å². The first-order valence-corrected chi connectivity index (χ1v) is 13.1. The zero-order valence-corrected chi connectivity index (χ0v) is 22.4. The van der Waals surface area contributed by atoms with Gasteiger partial charge in [0.25, 0.3) is 0 Å². The van der Waals surface area contributed by atoms with Crippen LogP contribution in [0, 0.1) is 0 Å². The Hall–Kier alpha value is -3.14. The second-order valence-corrected chi connectivity index (χ2v) is 11.0. The van der Waals surface area contributed by atoms with Crippen molar-refractivity contribution >= 4 is 35.0 Å². The fraction of sp³-hybridized carbons (Fsp3) is 0.370. The van der Waals surface area contributed by atoms with Gasteiger partial charge in [-0.3, -0.25) is 4.79 Å². The highest BCUT2D eigenvalue weighted by Gasteiger charge is 2.23. The molecular weight excluding hydrogens is 516 g/mol. The van der Waals surface area contributed by atoms with E-state index >= 15 is 0 Å². The molecule has 2 atom stereocenters. The number of nitrogens with zero attached hydrogens (tertiary/aromatic N) is 1. The molecule has 0 aliphatic carbocycles. The van der Waals surface area contributed by atoms with Crippen molar-refractivity contribution < 1.29 is 28.2 Å². The zero-order chi connectivity index (χ0) is 26.4. The normalized spacial score (nSPS) is 17.4. The molecule has 0 bridgehead atoms. The fourth-order valence-electron chi connectivity index (χ4n) is 3.68. The number of benzene rings is 1. The number of hydrogen-bond donors (Lipinski definition) is 1. The van der Waals surface area contributed by atoms with Gasteiger partial charge in [-0.2, -0.15) is 0 Å². The Balaban J connectivity index is 1.31. The molecule has 1 aliphatic rings. The highest BCUT2D eigenvalue weighted by molar-refractivity contribution is 7.15. The Kier molecular flexibility index (Phi) is 8.68. The molecule has 4 rings (SSSR count). The number of esters is 1. The Bertz CT molecular complexity index is 1250. The van der Waals surface area contributed by atoms with Crippen molar-refractivity contribution in [2.75, 3.05) is 13.2 Å². The van der Waals surface area contributed by atoms with Gasteiger partial charge in [0.15, 0.2) is 0 Å². The lowest BCUT2D eigenvalue weighted by atomic mass is 10.00. The molecule has 1 amide bonds. The number of amides is 1. The van der Waals surface area contributed by atoms with E-state index in [-0.39, 0.29) is 19.3 Å². The highest BCUT2D eigenvalue weighted by Crippen LogP contribution is 2.33. The molecule has 0 saturated carbocycles. The summed E-state index contributed by atoms with van der Waals surface area (Å²) in [6.45, 7) is 4.99. The van der Waals surface area contributed by atoms with Gasteiger partial charge in [0.2, 0.25) is 0 Å². The van der Waals surface area contributed by atoms with Gasteiger partial charge >= 0.3 is 12.1 Å². The number of aromatic nitrogens is 1. The summed E-state index contributed by atoms with van der Waals surface area (Å²) in [5.74, 6) is 0.217. The Morgan fingerprint density at radius 1 is 1.27 bits per heavy atom. The average Bonchev–Trinajstić information content (AvgIpc) is 3.54. The van der Waals surface area contributed by atoms with E-state index in [9.17, 15) is 9.59 Å². The molecule has 196 valence electrons. The molecular formula is C27H29ClN2O6S. The van der Waals surface area contributed by atoms with Gasteiger partial charge in [-0.1, -0.05) is 35.9 Å². The summed E-state index contributed by atoms with van der Waals surface area (Å²) in [7, 11) is 0. The standard InChI is InChI=1S/C27H29ClN2O6S/c1-27(2,3)36-26(32)30-15-25(31)34-16-19-6-4-7-21(35-19)17-9-10-20(28)18(12-17)13-24-29-14-23(37-24)22-8-5-11-33-22/h4-6,8-12,14,19,21H,7,13,15-16H2,1-3H3,(H,30,32)/t19-,21+/m1/s1. The van der Waals surface area contributed by atoms with Gasteiger partial charge in [-0.05, 0) is 56.5 Å². The summed E-state index contributed by atoms with van der Waals surface area (Å²) in [4.78, 5) is 29.2. The quantitative estimate of drug-likeness (QED) is 0.270. The van der Waals surface area contributed by atoms with E-state index in [0.717, 1.165) is 26.8 Å². The van der Waals surface area contributed by atoms with Crippen LogP contribution in [-0.2, 0) is 25.4 Å². The second-order valence-electron chi connectivity index (χ2n) is 9.49. The third-order valence-corrected chi connectivity index (χ3v) is 6.71. The Morgan fingerprint density at radius 3 is 2.86 bits per heavy atom. The third-order valence-electron chi connectivity index (χ3n) is 5.33. The molecule has 1 aromatic carbocycles. The van der Waals surface area contributed by atoms with Crippen LogP contribution in [0.25, 0.3) is 10.6 Å². The summed E-state index contributed by atoms with van der Waals surface area (Å²) in [6, 6.07) is 9.60. The van der Waals surface area contributed by atoms with Gasteiger partial charge in [-0.15, -0.1) is 11.3 Å². The smallest absolute Gasteiger partial charge is 0.408 e. The minimum absolute atomic E-state index is 0.0386. The van der Waals surface area contributed by atoms with Gasteiger partial charge < -0.3 is 23.9 Å². The van der Waals surface area contributed by atoms with Crippen molar-refractivity contribution in [3.63, 3.8) is 0 Å². The summed E-state index contributed by atoms with van der Waals surface area (Å²) < 4.78 is 22.0. The lowest BCUT2D eigenvalue weighted by molar-refractivity contribution is -0.147. The topological polar surface area (TPSA) is 99.9 Å². The fourth-order valence-corrected chi connectivity index (χ4v) is 4.77. The molecule has 1 N–H and O–H groups in total. The third kappa shape index (κ3) is 7.92. The van der Waals surface area contributed by atoms with E-state index < -0.39 is 23.8 Å². The van der Waals surface area contributed by atoms with E-state index in [4.69, 9.17) is 30.2 Å². The predicted octanol–water partition coefficient (Wildman–Crippen LogP) is 6.10. The summed E-state index contributed by atoms with van der Waals surface area (Å²) in [5.41, 5.74) is 1.29. The monoisotopic (exact) mass is 544 g/mol. The lowest BCUT2D eigenvalue weighted by Gasteiger charge is -2.26. The number of nitrogens with one attached hydrogen (secondary N) is 1. The van der Waals surface area contributed by atoms with Crippen LogP contribution >= 0.6 is 22.9 Å². The first-order chi connectivity index (χ1) is 17.7. The SMILES string of the molecule is CC(C)(C)OC(=O)NCC(=O)OC[C@H]1C=CC[C@@H](c2ccc(Cl)c(Cc3ncc(-c4ccco4)s3)c2)O1. The number of carbonyl (C=O) groups is 2. The molecule has 8 nitrogen and oxygen atoms in total. The van der Waals surface area contributed by atoms with Crippen LogP contribution in [-0.4, -0.2) is 41.9 Å². The highest BCUT2D eigenvalue weighted by atomic mass is 35.5. The Labute approximate surface area is 224 Å². The van der Waals surface area contributed by atoms with Crippen LogP contribution in [0.5, 0.6) is 0 Å². The Morgan fingerprint density at radius 2 is 2.11 bits per heavy atom. The summed E-state index contributed by atoms with van der Waals surface area (Å²) >= 11 is 8.06. The number of halogens is 1. The van der Waals surface area contributed by atoms with Crippen LogP contribution in [0.15, 0.2) is 59.4 Å². The molecule has 2 aromatic heterocycles.